The number of carbonyl (C=O) groups is 2. The number of hydrogen-bond donors (Lipinski definition) is 3. The van der Waals surface area contributed by atoms with Gasteiger partial charge in [0.1, 0.15) is 41.5 Å². The molecular weight excluding hydrogens is 794 g/mol. The Morgan fingerprint density at radius 2 is 1.69 bits per heavy atom. The molecule has 2 amide bonds. The first-order chi connectivity index (χ1) is 30.3. The highest BCUT2D eigenvalue weighted by molar-refractivity contribution is 6.10. The van der Waals surface area contributed by atoms with Crippen LogP contribution in [0, 0.1) is 5.92 Å². The van der Waals surface area contributed by atoms with Gasteiger partial charge in [0.05, 0.1) is 47.2 Å². The summed E-state index contributed by atoms with van der Waals surface area (Å²) in [6.07, 6.45) is 10.3. The van der Waals surface area contributed by atoms with Crippen LogP contribution in [0.15, 0.2) is 72.6 Å². The summed E-state index contributed by atoms with van der Waals surface area (Å²) < 4.78 is 23.6. The maximum atomic E-state index is 14.2. The summed E-state index contributed by atoms with van der Waals surface area (Å²) in [7, 11) is 1.54. The lowest BCUT2D eigenvalue weighted by molar-refractivity contribution is 0.0935. The fourth-order valence-corrected chi connectivity index (χ4v) is 9.40. The standard InChI is InChI=1S/C45H50FN11O5/c1-62-42-22-34(5-6-35(42)44(60)49-37-7-4-32(26-58)48-40(37)27-59)54-17-8-29(9-18-54)24-53-15-12-33(13-16-53)57-25-30-21-39(41(23-38(30)52-57)55-19-10-31(46)11-20-55)50-45(61)36-3-2-14-56-28-47-51-43(36)56/h2-3,5-6,14,21-23,25,28-29,31,33,37,48H,4,7-13,15-20,24H2,1H3,(H,49,60)(H,50,61)/t37-/m0/s1. The predicted molar refractivity (Wildman–Crippen MR) is 232 cm³/mol. The Bertz CT molecular complexity index is 2570. The monoisotopic (exact) mass is 843 g/mol. The maximum Gasteiger partial charge on any atom is 0.259 e. The Morgan fingerprint density at radius 1 is 0.903 bits per heavy atom. The van der Waals surface area contributed by atoms with Crippen molar-refractivity contribution in [2.24, 2.45) is 5.92 Å². The number of hydrogen-bond acceptors (Lipinski definition) is 12. The summed E-state index contributed by atoms with van der Waals surface area (Å²) >= 11 is 0. The molecule has 2 aromatic carbocycles. The van der Waals surface area contributed by atoms with E-state index in [1.165, 1.54) is 7.11 Å². The Morgan fingerprint density at radius 3 is 2.45 bits per heavy atom. The quantitative estimate of drug-likeness (QED) is 0.165. The lowest BCUT2D eigenvalue weighted by Gasteiger charge is -2.38. The Balaban J connectivity index is 0.801. The summed E-state index contributed by atoms with van der Waals surface area (Å²) in [4.78, 5) is 56.5. The fraction of sp³-hybridized carbons (Fsp3) is 0.444. The summed E-state index contributed by atoms with van der Waals surface area (Å²) in [5.41, 5.74) is 4.98. The van der Waals surface area contributed by atoms with E-state index in [4.69, 9.17) is 9.84 Å². The van der Waals surface area contributed by atoms with Crippen molar-refractivity contribution in [1.82, 2.24) is 39.9 Å². The first-order valence-corrected chi connectivity index (χ1v) is 21.5. The molecule has 17 heteroatoms. The molecule has 7 heterocycles. The average Bonchev–Trinajstić information content (AvgIpc) is 3.97. The van der Waals surface area contributed by atoms with Gasteiger partial charge in [0.2, 0.25) is 0 Å². The van der Waals surface area contributed by atoms with E-state index in [0.717, 1.165) is 80.7 Å². The maximum absolute atomic E-state index is 14.2. The zero-order valence-electron chi connectivity index (χ0n) is 34.7. The minimum atomic E-state index is -0.823. The van der Waals surface area contributed by atoms with Crippen molar-refractivity contribution in [1.29, 1.82) is 0 Å². The third kappa shape index (κ3) is 8.51. The molecule has 3 N–H and O–H groups in total. The molecule has 0 unspecified atom stereocenters. The van der Waals surface area contributed by atoms with Crippen molar-refractivity contribution in [3.63, 3.8) is 0 Å². The van der Waals surface area contributed by atoms with Crippen molar-refractivity contribution in [2.75, 3.05) is 68.0 Å². The normalized spacial score (nSPS) is 19.6. The van der Waals surface area contributed by atoms with Gasteiger partial charge in [-0.05, 0) is 87.3 Å². The topological polar surface area (TPSA) is 171 Å². The SMILES string of the molecule is COc1cc(N2CCC(CN3CCC(n4cc5cc(NC(=O)c6cccn7cnnc67)c(N6CCC(F)CC6)cc5n4)CC3)CC2)ccc1C(=O)N[C@H]1CCC(=C=O)NC1=C=O. The van der Waals surface area contributed by atoms with Gasteiger partial charge < -0.3 is 35.4 Å². The number of benzene rings is 2. The van der Waals surface area contributed by atoms with Crippen molar-refractivity contribution >= 4 is 57.3 Å². The summed E-state index contributed by atoms with van der Waals surface area (Å²) in [5, 5.41) is 22.8. The smallest absolute Gasteiger partial charge is 0.259 e. The van der Waals surface area contributed by atoms with Crippen LogP contribution in [0.1, 0.15) is 78.1 Å². The first-order valence-electron chi connectivity index (χ1n) is 21.5. The Hall–Kier alpha value is -6.54. The molecule has 1 atom stereocenters. The van der Waals surface area contributed by atoms with Crippen LogP contribution in [-0.2, 0) is 9.59 Å². The Labute approximate surface area is 357 Å². The van der Waals surface area contributed by atoms with Crippen molar-refractivity contribution in [3.8, 4) is 5.75 Å². The molecule has 0 spiro atoms. The van der Waals surface area contributed by atoms with Gasteiger partial charge in [-0.2, -0.15) is 5.10 Å². The van der Waals surface area contributed by atoms with E-state index in [9.17, 15) is 23.6 Å². The van der Waals surface area contributed by atoms with Crippen LogP contribution in [0.5, 0.6) is 5.75 Å². The van der Waals surface area contributed by atoms with Crippen molar-refractivity contribution < 1.29 is 28.3 Å². The molecule has 4 saturated heterocycles. The lowest BCUT2D eigenvalue weighted by Crippen LogP contribution is -2.43. The van der Waals surface area contributed by atoms with E-state index >= 15 is 0 Å². The molecule has 0 saturated carbocycles. The van der Waals surface area contributed by atoms with E-state index < -0.39 is 12.2 Å². The number of fused-ring (bicyclic) bond motifs is 2. The highest BCUT2D eigenvalue weighted by Gasteiger charge is 2.30. The first kappa shape index (κ1) is 40.8. The number of likely N-dealkylation sites (tertiary alicyclic amines) is 1. The summed E-state index contributed by atoms with van der Waals surface area (Å²) in [6.45, 7) is 5.93. The molecule has 9 rings (SSSR count). The molecule has 16 nitrogen and oxygen atoms in total. The van der Waals surface area contributed by atoms with Crippen LogP contribution in [0.2, 0.25) is 0 Å². The third-order valence-electron chi connectivity index (χ3n) is 12.9. The second-order valence-electron chi connectivity index (χ2n) is 16.8. The zero-order valence-corrected chi connectivity index (χ0v) is 34.7. The van der Waals surface area contributed by atoms with E-state index in [0.29, 0.717) is 72.9 Å². The van der Waals surface area contributed by atoms with Crippen LogP contribution in [0.25, 0.3) is 16.6 Å². The number of aromatic nitrogens is 5. The van der Waals surface area contributed by atoms with Crippen LogP contribution in [-0.4, -0.2) is 118 Å². The lowest BCUT2D eigenvalue weighted by atomic mass is 9.94. The van der Waals surface area contributed by atoms with Gasteiger partial charge in [-0.1, -0.05) is 0 Å². The molecule has 0 aliphatic carbocycles. The number of piperidine rings is 4. The number of nitrogens with zero attached hydrogens (tertiary/aromatic N) is 8. The highest BCUT2D eigenvalue weighted by Crippen LogP contribution is 2.36. The van der Waals surface area contributed by atoms with E-state index in [1.54, 1.807) is 47.0 Å². The Kier molecular flexibility index (Phi) is 11.7. The molecule has 4 fully saturated rings. The number of pyridine rings is 1. The van der Waals surface area contributed by atoms with Gasteiger partial charge >= 0.3 is 0 Å². The second-order valence-corrected chi connectivity index (χ2v) is 16.8. The van der Waals surface area contributed by atoms with Gasteiger partial charge in [0.15, 0.2) is 5.65 Å². The van der Waals surface area contributed by atoms with Crippen molar-refractivity contribution in [2.45, 2.75) is 69.6 Å². The average molecular weight is 844 g/mol. The number of rotatable bonds is 10. The molecule has 4 aliphatic rings. The number of methoxy groups -OCH3 is 1. The van der Waals surface area contributed by atoms with Crippen LogP contribution in [0.3, 0.4) is 0 Å². The number of nitrogens with one attached hydrogen (secondary N) is 3. The molecular formula is C45H50FN11O5. The number of anilines is 3. The number of alkyl halides is 1. The van der Waals surface area contributed by atoms with Crippen LogP contribution in [0.4, 0.5) is 21.5 Å². The number of ether oxygens (including phenoxy) is 1. The highest BCUT2D eigenvalue weighted by atomic mass is 19.1. The molecule has 3 aromatic heterocycles. The predicted octanol–water partition coefficient (Wildman–Crippen LogP) is 4.74. The van der Waals surface area contributed by atoms with Crippen LogP contribution < -0.4 is 30.5 Å². The summed E-state index contributed by atoms with van der Waals surface area (Å²) in [6, 6.07) is 12.8. The van der Waals surface area contributed by atoms with E-state index in [1.807, 2.05) is 24.3 Å². The third-order valence-corrected chi connectivity index (χ3v) is 12.9. The minimum absolute atomic E-state index is 0.110. The van der Waals surface area contributed by atoms with Gasteiger partial charge in [0.25, 0.3) is 11.8 Å². The largest absolute Gasteiger partial charge is 0.496 e. The number of allylic oxidation sites excluding steroid dienone is 1. The summed E-state index contributed by atoms with van der Waals surface area (Å²) in [5.74, 6) is 3.94. The molecule has 4 aliphatic heterocycles. The molecule has 322 valence electrons. The number of halogens is 1. The molecule has 5 aromatic rings. The molecule has 62 heavy (non-hydrogen) atoms. The van der Waals surface area contributed by atoms with Crippen molar-refractivity contribution in [3.05, 3.63) is 83.7 Å². The zero-order chi connectivity index (χ0) is 42.7. The number of carbonyl (C=O) groups excluding carboxylic acids is 4. The van der Waals surface area contributed by atoms with Gasteiger partial charge in [-0.15, -0.1) is 10.2 Å². The molecule has 0 radical (unpaired) electrons. The fourth-order valence-electron chi connectivity index (χ4n) is 9.40. The van der Waals surface area contributed by atoms with E-state index in [-0.39, 0.29) is 29.3 Å². The van der Waals surface area contributed by atoms with Gasteiger partial charge in [-0.25, -0.2) is 14.0 Å². The number of amides is 2. The second kappa shape index (κ2) is 17.8. The van der Waals surface area contributed by atoms with Gasteiger partial charge in [-0.3, -0.25) is 18.7 Å². The van der Waals surface area contributed by atoms with Gasteiger partial charge in [0, 0.05) is 81.8 Å². The molecule has 0 bridgehead atoms. The minimum Gasteiger partial charge on any atom is -0.496 e. The van der Waals surface area contributed by atoms with Crippen LogP contribution >= 0.6 is 0 Å². The van der Waals surface area contributed by atoms with E-state index in [2.05, 4.69) is 51.7 Å².